The minimum atomic E-state index is 0.782. The summed E-state index contributed by atoms with van der Waals surface area (Å²) >= 11 is 0. The standard InChI is InChI=1S/C16H22N2/c17-16-12-7-1-2-9-14(12)18(11-5-3-6-11)15-10-4-8-13(15)16/h11,17H,1-10H2. The molecule has 2 nitrogen and oxygen atoms in total. The summed E-state index contributed by atoms with van der Waals surface area (Å²) in [5, 5.41) is 9.43. The molecular weight excluding hydrogens is 220 g/mol. The van der Waals surface area contributed by atoms with Crippen LogP contribution in [0.2, 0.25) is 0 Å². The van der Waals surface area contributed by atoms with Crippen LogP contribution in [0.25, 0.3) is 0 Å². The molecule has 0 radical (unpaired) electrons. The van der Waals surface area contributed by atoms with Crippen LogP contribution in [-0.2, 0) is 25.7 Å². The topological polar surface area (TPSA) is 28.8 Å². The van der Waals surface area contributed by atoms with Gasteiger partial charge in [-0.25, -0.2) is 0 Å². The summed E-state index contributed by atoms with van der Waals surface area (Å²) in [6.45, 7) is 0. The second kappa shape index (κ2) is 3.97. The first-order valence-electron chi connectivity index (χ1n) is 7.69. The third kappa shape index (κ3) is 1.38. The minimum Gasteiger partial charge on any atom is -0.345 e. The van der Waals surface area contributed by atoms with Gasteiger partial charge in [0.2, 0.25) is 0 Å². The maximum atomic E-state index is 8.50. The highest BCUT2D eigenvalue weighted by atomic mass is 15.0. The highest BCUT2D eigenvalue weighted by Gasteiger charge is 2.30. The number of pyridine rings is 1. The van der Waals surface area contributed by atoms with Gasteiger partial charge in [-0.3, -0.25) is 0 Å². The molecule has 1 saturated carbocycles. The summed E-state index contributed by atoms with van der Waals surface area (Å²) < 4.78 is 2.71. The van der Waals surface area contributed by atoms with Crippen molar-refractivity contribution in [1.82, 2.24) is 4.57 Å². The molecule has 0 atom stereocenters. The van der Waals surface area contributed by atoms with E-state index >= 15 is 0 Å². The summed E-state index contributed by atoms with van der Waals surface area (Å²) in [4.78, 5) is 0. The molecule has 0 amide bonds. The van der Waals surface area contributed by atoms with E-state index in [1.165, 1.54) is 62.5 Å². The summed E-state index contributed by atoms with van der Waals surface area (Å²) in [6.07, 6.45) is 12.8. The van der Waals surface area contributed by atoms with Crippen LogP contribution in [0.1, 0.15) is 67.1 Å². The molecule has 18 heavy (non-hydrogen) atoms. The molecule has 1 aromatic heterocycles. The zero-order valence-electron chi connectivity index (χ0n) is 11.1. The second-order valence-corrected chi connectivity index (χ2v) is 6.24. The molecule has 1 N–H and O–H groups in total. The van der Waals surface area contributed by atoms with E-state index in [2.05, 4.69) is 4.57 Å². The van der Waals surface area contributed by atoms with Crippen molar-refractivity contribution in [3.63, 3.8) is 0 Å². The Morgan fingerprint density at radius 2 is 1.39 bits per heavy atom. The molecule has 0 unspecified atom stereocenters. The lowest BCUT2D eigenvalue weighted by molar-refractivity contribution is 0.295. The molecule has 0 saturated heterocycles. The van der Waals surface area contributed by atoms with Crippen LogP contribution in [0.4, 0.5) is 0 Å². The van der Waals surface area contributed by atoms with Gasteiger partial charge >= 0.3 is 0 Å². The van der Waals surface area contributed by atoms with Crippen molar-refractivity contribution in [3.8, 4) is 0 Å². The van der Waals surface area contributed by atoms with Gasteiger partial charge in [0.15, 0.2) is 0 Å². The lowest BCUT2D eigenvalue weighted by atomic mass is 9.87. The molecule has 0 aromatic carbocycles. The number of fused-ring (bicyclic) bond motifs is 2. The average molecular weight is 242 g/mol. The van der Waals surface area contributed by atoms with Crippen molar-refractivity contribution >= 4 is 0 Å². The van der Waals surface area contributed by atoms with E-state index in [-0.39, 0.29) is 0 Å². The molecule has 3 aliphatic carbocycles. The number of nitrogens with zero attached hydrogens (tertiary/aromatic N) is 1. The molecule has 3 aliphatic rings. The van der Waals surface area contributed by atoms with Gasteiger partial charge in [0.25, 0.3) is 0 Å². The summed E-state index contributed by atoms with van der Waals surface area (Å²) in [7, 11) is 0. The Labute approximate surface area is 109 Å². The molecule has 0 spiro atoms. The fraction of sp³-hybridized carbons (Fsp3) is 0.688. The SMILES string of the molecule is N=c1c2c(n(C3CCC3)c3c1CCC3)CCCC2. The molecule has 1 heterocycles. The Kier molecular flexibility index (Phi) is 2.39. The third-order valence-electron chi connectivity index (χ3n) is 5.25. The Balaban J connectivity index is 1.99. The number of aromatic nitrogens is 1. The summed E-state index contributed by atoms with van der Waals surface area (Å²) in [5.74, 6) is 0. The van der Waals surface area contributed by atoms with Gasteiger partial charge in [0, 0.05) is 17.4 Å². The Hall–Kier alpha value is -1.05. The first-order valence-corrected chi connectivity index (χ1v) is 7.69. The maximum absolute atomic E-state index is 8.50. The van der Waals surface area contributed by atoms with Crippen LogP contribution >= 0.6 is 0 Å². The highest BCUT2D eigenvalue weighted by molar-refractivity contribution is 5.36. The van der Waals surface area contributed by atoms with E-state index in [1.54, 1.807) is 11.4 Å². The number of hydrogen-bond donors (Lipinski definition) is 1. The Morgan fingerprint density at radius 1 is 0.778 bits per heavy atom. The molecular formula is C16H22N2. The maximum Gasteiger partial charge on any atom is 0.0638 e. The van der Waals surface area contributed by atoms with Crippen molar-refractivity contribution in [1.29, 1.82) is 5.41 Å². The van der Waals surface area contributed by atoms with Crippen LogP contribution in [-0.4, -0.2) is 4.57 Å². The smallest absolute Gasteiger partial charge is 0.0638 e. The van der Waals surface area contributed by atoms with Gasteiger partial charge in [-0.2, -0.15) is 0 Å². The highest BCUT2D eigenvalue weighted by Crippen LogP contribution is 2.38. The van der Waals surface area contributed by atoms with Crippen LogP contribution in [0.3, 0.4) is 0 Å². The first kappa shape index (κ1) is 10.8. The lowest BCUT2D eigenvalue weighted by Crippen LogP contribution is -2.31. The number of nitrogens with one attached hydrogen (secondary N) is 1. The predicted octanol–water partition coefficient (Wildman–Crippen LogP) is 3.06. The average Bonchev–Trinajstić information content (AvgIpc) is 2.81. The van der Waals surface area contributed by atoms with Crippen LogP contribution < -0.4 is 5.36 Å². The van der Waals surface area contributed by atoms with Gasteiger partial charge in [0.1, 0.15) is 0 Å². The molecule has 1 aromatic rings. The molecule has 0 bridgehead atoms. The van der Waals surface area contributed by atoms with Gasteiger partial charge in [-0.15, -0.1) is 0 Å². The zero-order valence-corrected chi connectivity index (χ0v) is 11.1. The largest absolute Gasteiger partial charge is 0.345 e. The Morgan fingerprint density at radius 3 is 2.06 bits per heavy atom. The van der Waals surface area contributed by atoms with Gasteiger partial charge < -0.3 is 9.98 Å². The predicted molar refractivity (Wildman–Crippen MR) is 71.8 cm³/mol. The van der Waals surface area contributed by atoms with Crippen molar-refractivity contribution in [2.75, 3.05) is 0 Å². The molecule has 1 fully saturated rings. The molecule has 96 valence electrons. The van der Waals surface area contributed by atoms with Crippen LogP contribution in [0.15, 0.2) is 0 Å². The minimum absolute atomic E-state index is 0.782. The zero-order chi connectivity index (χ0) is 12.1. The van der Waals surface area contributed by atoms with E-state index in [4.69, 9.17) is 5.41 Å². The van der Waals surface area contributed by atoms with Crippen molar-refractivity contribution in [2.24, 2.45) is 0 Å². The van der Waals surface area contributed by atoms with Gasteiger partial charge in [-0.05, 0) is 75.3 Å². The monoisotopic (exact) mass is 242 g/mol. The van der Waals surface area contributed by atoms with E-state index < -0.39 is 0 Å². The molecule has 0 aliphatic heterocycles. The second-order valence-electron chi connectivity index (χ2n) is 6.24. The van der Waals surface area contributed by atoms with Crippen LogP contribution in [0, 0.1) is 5.41 Å². The van der Waals surface area contributed by atoms with Gasteiger partial charge in [0.05, 0.1) is 5.36 Å². The quantitative estimate of drug-likeness (QED) is 0.784. The van der Waals surface area contributed by atoms with E-state index in [0.717, 1.165) is 24.2 Å². The van der Waals surface area contributed by atoms with Crippen molar-refractivity contribution < 1.29 is 0 Å². The normalized spacial score (nSPS) is 22.4. The summed E-state index contributed by atoms with van der Waals surface area (Å²) in [6, 6.07) is 0.782. The molecule has 4 rings (SSSR count). The van der Waals surface area contributed by atoms with Crippen LogP contribution in [0.5, 0.6) is 0 Å². The number of hydrogen-bond acceptors (Lipinski definition) is 1. The number of rotatable bonds is 1. The summed E-state index contributed by atoms with van der Waals surface area (Å²) in [5.41, 5.74) is 5.92. The van der Waals surface area contributed by atoms with Crippen molar-refractivity contribution in [2.45, 2.75) is 70.3 Å². The van der Waals surface area contributed by atoms with E-state index in [1.807, 2.05) is 0 Å². The van der Waals surface area contributed by atoms with E-state index in [9.17, 15) is 0 Å². The fourth-order valence-electron chi connectivity index (χ4n) is 4.12. The first-order chi connectivity index (χ1) is 8.86. The fourth-order valence-corrected chi connectivity index (χ4v) is 4.12. The van der Waals surface area contributed by atoms with Crippen molar-refractivity contribution in [3.05, 3.63) is 27.9 Å². The third-order valence-corrected chi connectivity index (χ3v) is 5.25. The van der Waals surface area contributed by atoms with Gasteiger partial charge in [-0.1, -0.05) is 0 Å². The Bertz CT molecular complexity index is 549. The van der Waals surface area contributed by atoms with E-state index in [0.29, 0.717) is 0 Å². The lowest BCUT2D eigenvalue weighted by Gasteiger charge is -2.36. The molecule has 2 heteroatoms.